The standard InChI is InChI=1S/C66H43N3/c1-5-19-44(20-6-1)45-33-35-50(36-34-45)68(52-38-40-57-56-29-15-18-32-60(56)66(61(57)43-52)58-30-16-13-27-54(58)55-28-14-17-31-59(55)66)51-37-39-53-49(41-51)42-62(46-21-7-2-8-22-46)69-65(53)63(47-23-9-3-10-24-47)64(67-69)48-25-11-4-12-26-48/h1-43H. The monoisotopic (exact) mass is 877 g/mol. The Morgan fingerprint density at radius 1 is 0.333 bits per heavy atom. The van der Waals surface area contributed by atoms with Gasteiger partial charge in [0.05, 0.1) is 16.6 Å². The van der Waals surface area contributed by atoms with E-state index in [1.54, 1.807) is 0 Å². The first-order valence-electron chi connectivity index (χ1n) is 23.8. The molecule has 12 aromatic rings. The van der Waals surface area contributed by atoms with Crippen molar-refractivity contribution in [1.82, 2.24) is 9.61 Å². The third-order valence-electron chi connectivity index (χ3n) is 14.6. The molecule has 322 valence electrons. The fourth-order valence-electron chi connectivity index (χ4n) is 11.7. The van der Waals surface area contributed by atoms with E-state index in [9.17, 15) is 0 Å². The molecule has 3 heteroatoms. The third-order valence-corrected chi connectivity index (χ3v) is 14.6. The molecule has 0 amide bonds. The van der Waals surface area contributed by atoms with Crippen LogP contribution < -0.4 is 4.90 Å². The first-order valence-corrected chi connectivity index (χ1v) is 23.8. The molecule has 2 heterocycles. The molecule has 0 saturated heterocycles. The summed E-state index contributed by atoms with van der Waals surface area (Å²) in [6.07, 6.45) is 0. The van der Waals surface area contributed by atoms with Crippen LogP contribution in [0.1, 0.15) is 22.3 Å². The van der Waals surface area contributed by atoms with Crippen molar-refractivity contribution in [2.75, 3.05) is 4.90 Å². The van der Waals surface area contributed by atoms with Gasteiger partial charge in [0.2, 0.25) is 0 Å². The summed E-state index contributed by atoms with van der Waals surface area (Å²) in [6, 6.07) is 95.4. The van der Waals surface area contributed by atoms with Crippen LogP contribution in [-0.2, 0) is 5.41 Å². The van der Waals surface area contributed by atoms with E-state index in [2.05, 4.69) is 270 Å². The molecule has 0 saturated carbocycles. The molecule has 2 aliphatic carbocycles. The Balaban J connectivity index is 1.03. The van der Waals surface area contributed by atoms with Gasteiger partial charge >= 0.3 is 0 Å². The summed E-state index contributed by atoms with van der Waals surface area (Å²) in [5.74, 6) is 0. The molecule has 10 aromatic carbocycles. The summed E-state index contributed by atoms with van der Waals surface area (Å²) in [5.41, 5.74) is 23.1. The number of anilines is 3. The van der Waals surface area contributed by atoms with E-state index in [0.29, 0.717) is 0 Å². The van der Waals surface area contributed by atoms with Crippen molar-refractivity contribution in [1.29, 1.82) is 0 Å². The average Bonchev–Trinajstić information content (AvgIpc) is 4.07. The van der Waals surface area contributed by atoms with Crippen LogP contribution in [0.5, 0.6) is 0 Å². The van der Waals surface area contributed by atoms with Crippen molar-refractivity contribution in [3.05, 3.63) is 283 Å². The van der Waals surface area contributed by atoms with E-state index in [-0.39, 0.29) is 0 Å². The molecule has 2 aliphatic rings. The van der Waals surface area contributed by atoms with Crippen LogP contribution in [0.4, 0.5) is 17.1 Å². The predicted octanol–water partition coefficient (Wildman–Crippen LogP) is 17.0. The van der Waals surface area contributed by atoms with Gasteiger partial charge < -0.3 is 4.90 Å². The number of hydrogen-bond acceptors (Lipinski definition) is 2. The van der Waals surface area contributed by atoms with Crippen molar-refractivity contribution < 1.29 is 0 Å². The molecule has 0 bridgehead atoms. The van der Waals surface area contributed by atoms with Gasteiger partial charge in [0, 0.05) is 39.1 Å². The molecule has 14 rings (SSSR count). The van der Waals surface area contributed by atoms with Gasteiger partial charge in [-0.2, -0.15) is 5.10 Å². The van der Waals surface area contributed by atoms with E-state index in [1.807, 2.05) is 0 Å². The molecular formula is C66H43N3. The van der Waals surface area contributed by atoms with Crippen LogP contribution >= 0.6 is 0 Å². The van der Waals surface area contributed by atoms with Crippen molar-refractivity contribution in [2.24, 2.45) is 0 Å². The average molecular weight is 878 g/mol. The molecule has 0 aliphatic heterocycles. The second kappa shape index (κ2) is 15.5. The first-order chi connectivity index (χ1) is 34.2. The maximum absolute atomic E-state index is 5.50. The topological polar surface area (TPSA) is 20.5 Å². The Morgan fingerprint density at radius 2 is 0.783 bits per heavy atom. The Morgan fingerprint density at radius 3 is 1.38 bits per heavy atom. The first kappa shape index (κ1) is 39.1. The zero-order valence-corrected chi connectivity index (χ0v) is 37.7. The van der Waals surface area contributed by atoms with Gasteiger partial charge in [-0.05, 0) is 109 Å². The van der Waals surface area contributed by atoms with E-state index in [4.69, 9.17) is 5.10 Å². The van der Waals surface area contributed by atoms with Crippen molar-refractivity contribution in [3.8, 4) is 67.0 Å². The molecule has 69 heavy (non-hydrogen) atoms. The van der Waals surface area contributed by atoms with E-state index in [1.165, 1.54) is 55.6 Å². The smallest absolute Gasteiger partial charge is 0.101 e. The van der Waals surface area contributed by atoms with Gasteiger partial charge in [-0.15, -0.1) is 0 Å². The normalized spacial score (nSPS) is 12.8. The highest BCUT2D eigenvalue weighted by molar-refractivity contribution is 6.10. The molecule has 1 spiro atoms. The summed E-state index contributed by atoms with van der Waals surface area (Å²) in [5, 5.41) is 7.76. The van der Waals surface area contributed by atoms with Crippen LogP contribution in [0, 0.1) is 0 Å². The highest BCUT2D eigenvalue weighted by Crippen LogP contribution is 2.63. The number of aromatic nitrogens is 2. The summed E-state index contributed by atoms with van der Waals surface area (Å²) >= 11 is 0. The van der Waals surface area contributed by atoms with Gasteiger partial charge in [0.1, 0.15) is 5.69 Å². The van der Waals surface area contributed by atoms with Crippen LogP contribution in [0.2, 0.25) is 0 Å². The maximum Gasteiger partial charge on any atom is 0.101 e. The quantitative estimate of drug-likeness (QED) is 0.159. The zero-order valence-electron chi connectivity index (χ0n) is 37.7. The van der Waals surface area contributed by atoms with Crippen LogP contribution in [0.15, 0.2) is 261 Å². The molecular weight excluding hydrogens is 835 g/mol. The van der Waals surface area contributed by atoms with Crippen molar-refractivity contribution >= 4 is 33.4 Å². The number of hydrogen-bond donors (Lipinski definition) is 0. The Labute approximate surface area is 401 Å². The van der Waals surface area contributed by atoms with Crippen LogP contribution in [-0.4, -0.2) is 9.61 Å². The minimum Gasteiger partial charge on any atom is -0.310 e. The lowest BCUT2D eigenvalue weighted by atomic mass is 9.70. The van der Waals surface area contributed by atoms with E-state index >= 15 is 0 Å². The van der Waals surface area contributed by atoms with Gasteiger partial charge in [0.15, 0.2) is 0 Å². The van der Waals surface area contributed by atoms with Crippen LogP contribution in [0.3, 0.4) is 0 Å². The minimum atomic E-state index is -0.468. The highest BCUT2D eigenvalue weighted by Gasteiger charge is 2.51. The summed E-state index contributed by atoms with van der Waals surface area (Å²) in [7, 11) is 0. The molecule has 0 radical (unpaired) electrons. The number of benzene rings is 10. The minimum absolute atomic E-state index is 0.468. The third kappa shape index (κ3) is 5.90. The lowest BCUT2D eigenvalue weighted by molar-refractivity contribution is 0.793. The lowest BCUT2D eigenvalue weighted by Gasteiger charge is -2.32. The van der Waals surface area contributed by atoms with Crippen molar-refractivity contribution in [2.45, 2.75) is 5.41 Å². The largest absolute Gasteiger partial charge is 0.310 e. The van der Waals surface area contributed by atoms with Crippen LogP contribution in [0.25, 0.3) is 83.3 Å². The number of pyridine rings is 1. The number of fused-ring (bicyclic) bond motifs is 13. The Kier molecular flexibility index (Phi) is 8.80. The second-order valence-corrected chi connectivity index (χ2v) is 18.2. The SMILES string of the molecule is c1ccc(-c2ccc(N(c3ccc4c(c3)C3(c5ccccc5-c5ccccc53)c3ccccc3-4)c3ccc4c(c3)cc(-c3ccccc3)n3nc(-c5ccccc5)c(-c5ccccc5)c43)cc2)cc1. The molecule has 0 atom stereocenters. The molecule has 0 unspecified atom stereocenters. The molecule has 3 nitrogen and oxygen atoms in total. The highest BCUT2D eigenvalue weighted by atomic mass is 15.2. The summed E-state index contributed by atoms with van der Waals surface area (Å²) in [6.45, 7) is 0. The van der Waals surface area contributed by atoms with Gasteiger partial charge in [-0.1, -0.05) is 218 Å². The van der Waals surface area contributed by atoms with Gasteiger partial charge in [0.25, 0.3) is 0 Å². The second-order valence-electron chi connectivity index (χ2n) is 18.2. The number of rotatable bonds is 7. The summed E-state index contributed by atoms with van der Waals surface area (Å²) < 4.78 is 2.18. The van der Waals surface area contributed by atoms with E-state index in [0.717, 1.165) is 67.0 Å². The van der Waals surface area contributed by atoms with Crippen molar-refractivity contribution in [3.63, 3.8) is 0 Å². The number of nitrogens with zero attached hydrogens (tertiary/aromatic N) is 3. The predicted molar refractivity (Wildman–Crippen MR) is 285 cm³/mol. The molecule has 0 fully saturated rings. The molecule has 2 aromatic heterocycles. The maximum atomic E-state index is 5.50. The van der Waals surface area contributed by atoms with E-state index < -0.39 is 5.41 Å². The lowest BCUT2D eigenvalue weighted by Crippen LogP contribution is -2.26. The Bertz CT molecular complexity index is 3870. The zero-order chi connectivity index (χ0) is 45.5. The van der Waals surface area contributed by atoms with Gasteiger partial charge in [-0.3, -0.25) is 0 Å². The molecule has 0 N–H and O–H groups in total. The van der Waals surface area contributed by atoms with Gasteiger partial charge in [-0.25, -0.2) is 4.52 Å². The Hall–Kier alpha value is -9.05. The fraction of sp³-hybridized carbons (Fsp3) is 0.0152. The fourth-order valence-corrected chi connectivity index (χ4v) is 11.7. The summed E-state index contributed by atoms with van der Waals surface area (Å²) in [4.78, 5) is 2.45.